The standard InChI is InChI=1S/C16H17BrFNO2S/c1-16(2,11-12-3-7-14(18)8-4-12)19-22(20,21)15-9-5-13(17)6-10-15/h3-10,19H,11H2,1-2H3. The van der Waals surface area contributed by atoms with Gasteiger partial charge in [0.25, 0.3) is 0 Å². The van der Waals surface area contributed by atoms with Crippen LogP contribution in [0, 0.1) is 5.82 Å². The highest BCUT2D eigenvalue weighted by atomic mass is 79.9. The molecule has 22 heavy (non-hydrogen) atoms. The molecule has 0 aliphatic carbocycles. The van der Waals surface area contributed by atoms with Crippen LogP contribution in [0.15, 0.2) is 57.9 Å². The Morgan fingerprint density at radius 2 is 1.59 bits per heavy atom. The number of benzene rings is 2. The quantitative estimate of drug-likeness (QED) is 0.848. The van der Waals surface area contributed by atoms with E-state index in [1.165, 1.54) is 12.1 Å². The first kappa shape index (κ1) is 17.1. The second-order valence-corrected chi connectivity index (χ2v) is 8.34. The first-order valence-electron chi connectivity index (χ1n) is 6.72. The van der Waals surface area contributed by atoms with E-state index in [0.717, 1.165) is 10.0 Å². The monoisotopic (exact) mass is 385 g/mol. The predicted molar refractivity (Wildman–Crippen MR) is 88.6 cm³/mol. The number of hydrogen-bond donors (Lipinski definition) is 1. The molecular formula is C16H17BrFNO2S. The van der Waals surface area contributed by atoms with Gasteiger partial charge in [0, 0.05) is 10.0 Å². The fourth-order valence-corrected chi connectivity index (χ4v) is 3.86. The molecule has 6 heteroatoms. The first-order chi connectivity index (χ1) is 10.2. The summed E-state index contributed by atoms with van der Waals surface area (Å²) in [6, 6.07) is 12.5. The Morgan fingerprint density at radius 3 is 2.14 bits per heavy atom. The molecule has 0 saturated carbocycles. The molecule has 0 spiro atoms. The molecule has 0 aromatic heterocycles. The summed E-state index contributed by atoms with van der Waals surface area (Å²) >= 11 is 3.28. The molecule has 3 nitrogen and oxygen atoms in total. The van der Waals surface area contributed by atoms with Crippen LogP contribution >= 0.6 is 15.9 Å². The van der Waals surface area contributed by atoms with E-state index in [2.05, 4.69) is 20.7 Å². The minimum absolute atomic E-state index is 0.211. The van der Waals surface area contributed by atoms with Crippen LogP contribution in [0.5, 0.6) is 0 Å². The van der Waals surface area contributed by atoms with Crippen molar-refractivity contribution in [1.29, 1.82) is 0 Å². The zero-order chi connectivity index (χ0) is 16.4. The van der Waals surface area contributed by atoms with Crippen molar-refractivity contribution in [2.45, 2.75) is 30.7 Å². The van der Waals surface area contributed by atoms with Crippen LogP contribution in [0.1, 0.15) is 19.4 Å². The largest absolute Gasteiger partial charge is 0.241 e. The first-order valence-corrected chi connectivity index (χ1v) is 9.00. The van der Waals surface area contributed by atoms with Crippen LogP contribution in [-0.2, 0) is 16.4 Å². The van der Waals surface area contributed by atoms with Crippen LogP contribution in [0.4, 0.5) is 4.39 Å². The Bertz CT molecular complexity index is 741. The van der Waals surface area contributed by atoms with Gasteiger partial charge >= 0.3 is 0 Å². The highest BCUT2D eigenvalue weighted by Gasteiger charge is 2.26. The number of nitrogens with one attached hydrogen (secondary N) is 1. The third-order valence-electron chi connectivity index (χ3n) is 3.09. The van der Waals surface area contributed by atoms with E-state index < -0.39 is 15.6 Å². The van der Waals surface area contributed by atoms with Gasteiger partial charge in [-0.2, -0.15) is 0 Å². The molecule has 2 aromatic rings. The summed E-state index contributed by atoms with van der Waals surface area (Å²) in [5, 5.41) is 0. The molecule has 2 aromatic carbocycles. The molecule has 118 valence electrons. The van der Waals surface area contributed by atoms with E-state index in [1.807, 2.05) is 0 Å². The van der Waals surface area contributed by atoms with Crippen LogP contribution in [0.3, 0.4) is 0 Å². The van der Waals surface area contributed by atoms with Gasteiger partial charge in [0.1, 0.15) is 5.82 Å². The van der Waals surface area contributed by atoms with Crippen LogP contribution in [0.2, 0.25) is 0 Å². The highest BCUT2D eigenvalue weighted by Crippen LogP contribution is 2.19. The SMILES string of the molecule is CC(C)(Cc1ccc(F)cc1)NS(=O)(=O)c1ccc(Br)cc1. The Kier molecular flexibility index (Phi) is 5.04. The lowest BCUT2D eigenvalue weighted by atomic mass is 9.96. The Morgan fingerprint density at radius 1 is 1.05 bits per heavy atom. The third kappa shape index (κ3) is 4.63. The van der Waals surface area contributed by atoms with Crippen molar-refractivity contribution < 1.29 is 12.8 Å². The van der Waals surface area contributed by atoms with E-state index in [4.69, 9.17) is 0 Å². The molecule has 0 bridgehead atoms. The zero-order valence-electron chi connectivity index (χ0n) is 12.3. The molecule has 0 atom stereocenters. The van der Waals surface area contributed by atoms with E-state index in [0.29, 0.717) is 6.42 Å². The van der Waals surface area contributed by atoms with Gasteiger partial charge in [-0.05, 0) is 62.2 Å². The lowest BCUT2D eigenvalue weighted by molar-refractivity contribution is 0.450. The summed E-state index contributed by atoms with van der Waals surface area (Å²) in [5.41, 5.74) is 0.175. The smallest absolute Gasteiger partial charge is 0.207 e. The van der Waals surface area contributed by atoms with Gasteiger partial charge in [-0.1, -0.05) is 28.1 Å². The van der Waals surface area contributed by atoms with Gasteiger partial charge in [0.05, 0.1) is 4.90 Å². The normalized spacial score (nSPS) is 12.4. The lowest BCUT2D eigenvalue weighted by Crippen LogP contribution is -2.44. The van der Waals surface area contributed by atoms with E-state index in [-0.39, 0.29) is 10.7 Å². The summed E-state index contributed by atoms with van der Waals surface area (Å²) in [6.45, 7) is 3.60. The second kappa shape index (κ2) is 6.48. The molecule has 0 fully saturated rings. The molecular weight excluding hydrogens is 369 g/mol. The Balaban J connectivity index is 2.16. The molecule has 0 heterocycles. The Labute approximate surface area is 138 Å². The number of hydrogen-bond acceptors (Lipinski definition) is 2. The van der Waals surface area contributed by atoms with Crippen molar-refractivity contribution in [2.75, 3.05) is 0 Å². The molecule has 0 amide bonds. The fourth-order valence-electron chi connectivity index (χ4n) is 2.19. The van der Waals surface area contributed by atoms with Gasteiger partial charge in [0.15, 0.2) is 0 Å². The van der Waals surface area contributed by atoms with E-state index >= 15 is 0 Å². The zero-order valence-corrected chi connectivity index (χ0v) is 14.7. The number of rotatable bonds is 5. The van der Waals surface area contributed by atoms with E-state index in [9.17, 15) is 12.8 Å². The maximum atomic E-state index is 12.9. The van der Waals surface area contributed by atoms with Crippen molar-refractivity contribution in [3.8, 4) is 0 Å². The molecule has 0 saturated heterocycles. The topological polar surface area (TPSA) is 46.2 Å². The Hall–Kier alpha value is -1.24. The predicted octanol–water partition coefficient (Wildman–Crippen LogP) is 3.89. The van der Waals surface area contributed by atoms with Gasteiger partial charge in [-0.25, -0.2) is 17.5 Å². The van der Waals surface area contributed by atoms with Crippen molar-refractivity contribution >= 4 is 26.0 Å². The molecule has 0 radical (unpaired) electrons. The summed E-state index contributed by atoms with van der Waals surface area (Å²) in [6.07, 6.45) is 0.461. The highest BCUT2D eigenvalue weighted by molar-refractivity contribution is 9.10. The van der Waals surface area contributed by atoms with Crippen molar-refractivity contribution in [1.82, 2.24) is 4.72 Å². The minimum Gasteiger partial charge on any atom is -0.207 e. The fraction of sp³-hybridized carbons (Fsp3) is 0.250. The van der Waals surface area contributed by atoms with Crippen LogP contribution < -0.4 is 4.72 Å². The summed E-state index contributed by atoms with van der Waals surface area (Å²) in [4.78, 5) is 0.211. The second-order valence-electron chi connectivity index (χ2n) is 5.75. The molecule has 2 rings (SSSR count). The average Bonchev–Trinajstić information content (AvgIpc) is 2.40. The maximum absolute atomic E-state index is 12.9. The molecule has 0 unspecified atom stereocenters. The van der Waals surface area contributed by atoms with Crippen molar-refractivity contribution in [3.05, 3.63) is 64.4 Å². The number of sulfonamides is 1. The molecule has 0 aliphatic rings. The minimum atomic E-state index is -3.61. The number of halogens is 2. The van der Waals surface area contributed by atoms with Crippen LogP contribution in [0.25, 0.3) is 0 Å². The summed E-state index contributed by atoms with van der Waals surface area (Å²) in [7, 11) is -3.61. The van der Waals surface area contributed by atoms with Crippen molar-refractivity contribution in [2.24, 2.45) is 0 Å². The van der Waals surface area contributed by atoms with Gasteiger partial charge in [0.2, 0.25) is 10.0 Å². The third-order valence-corrected chi connectivity index (χ3v) is 5.34. The van der Waals surface area contributed by atoms with Crippen LogP contribution in [-0.4, -0.2) is 14.0 Å². The summed E-state index contributed by atoms with van der Waals surface area (Å²) in [5.74, 6) is -0.308. The van der Waals surface area contributed by atoms with Gasteiger partial charge < -0.3 is 0 Å². The maximum Gasteiger partial charge on any atom is 0.241 e. The van der Waals surface area contributed by atoms with Gasteiger partial charge in [-0.15, -0.1) is 0 Å². The van der Waals surface area contributed by atoms with Gasteiger partial charge in [-0.3, -0.25) is 0 Å². The lowest BCUT2D eigenvalue weighted by Gasteiger charge is -2.26. The molecule has 1 N–H and O–H groups in total. The average molecular weight is 386 g/mol. The summed E-state index contributed by atoms with van der Waals surface area (Å²) < 4.78 is 41.3. The van der Waals surface area contributed by atoms with E-state index in [1.54, 1.807) is 50.2 Å². The molecule has 0 aliphatic heterocycles. The van der Waals surface area contributed by atoms with Crippen molar-refractivity contribution in [3.63, 3.8) is 0 Å².